The monoisotopic (exact) mass is 419 g/mol. The van der Waals surface area contributed by atoms with Crippen molar-refractivity contribution in [3.8, 4) is 11.3 Å². The second-order valence-corrected chi connectivity index (χ2v) is 9.13. The van der Waals surface area contributed by atoms with Crippen molar-refractivity contribution in [1.29, 1.82) is 0 Å². The third kappa shape index (κ3) is 6.04. The number of amides is 1. The molecule has 1 aliphatic rings. The van der Waals surface area contributed by atoms with Crippen molar-refractivity contribution in [1.82, 2.24) is 15.1 Å². The molecule has 158 valence electrons. The molecule has 29 heavy (non-hydrogen) atoms. The van der Waals surface area contributed by atoms with Crippen LogP contribution in [0, 0.1) is 0 Å². The third-order valence-electron chi connectivity index (χ3n) is 5.31. The number of carbonyl (C=O) groups excluding carboxylic acids is 1. The van der Waals surface area contributed by atoms with Gasteiger partial charge in [0.25, 0.3) is 5.91 Å². The van der Waals surface area contributed by atoms with E-state index >= 15 is 0 Å². The van der Waals surface area contributed by atoms with Gasteiger partial charge < -0.3 is 15.5 Å². The van der Waals surface area contributed by atoms with E-state index in [1.54, 1.807) is 36.9 Å². The van der Waals surface area contributed by atoms with Crippen molar-refractivity contribution < 1.29 is 15.0 Å². The highest BCUT2D eigenvalue weighted by atomic mass is 35.5. The van der Waals surface area contributed by atoms with E-state index < -0.39 is 11.2 Å². The van der Waals surface area contributed by atoms with Crippen LogP contribution in [0.25, 0.3) is 11.3 Å². The number of aromatic nitrogens is 2. The summed E-state index contributed by atoms with van der Waals surface area (Å²) >= 11 is 6.27. The zero-order valence-corrected chi connectivity index (χ0v) is 17.9. The van der Waals surface area contributed by atoms with Gasteiger partial charge in [-0.05, 0) is 44.9 Å². The molecule has 0 unspecified atom stereocenters. The van der Waals surface area contributed by atoms with Gasteiger partial charge in [-0.15, -0.1) is 0 Å². The van der Waals surface area contributed by atoms with E-state index in [-0.39, 0.29) is 12.5 Å². The molecule has 7 heteroatoms. The highest BCUT2D eigenvalue weighted by Crippen LogP contribution is 2.27. The van der Waals surface area contributed by atoms with Crippen LogP contribution in [0.4, 0.5) is 0 Å². The maximum absolute atomic E-state index is 12.7. The first kappa shape index (κ1) is 21.8. The molecule has 2 aromatic rings. The van der Waals surface area contributed by atoms with Gasteiger partial charge in [-0.25, -0.2) is 0 Å². The van der Waals surface area contributed by atoms with Gasteiger partial charge in [0.1, 0.15) is 0 Å². The lowest BCUT2D eigenvalue weighted by atomic mass is 9.94. The van der Waals surface area contributed by atoms with Crippen LogP contribution in [-0.2, 0) is 6.54 Å². The maximum Gasteiger partial charge on any atom is 0.252 e. The number of nitrogens with zero attached hydrogens (tertiary/aromatic N) is 2. The Hall–Kier alpha value is -1.89. The molecule has 0 saturated heterocycles. The normalized spacial score (nSPS) is 17.0. The van der Waals surface area contributed by atoms with Gasteiger partial charge in [-0.2, -0.15) is 5.10 Å². The minimum absolute atomic E-state index is 0.229. The molecule has 1 aromatic carbocycles. The summed E-state index contributed by atoms with van der Waals surface area (Å²) in [4.78, 5) is 12.7. The molecule has 0 spiro atoms. The van der Waals surface area contributed by atoms with Crippen molar-refractivity contribution in [2.75, 3.05) is 6.54 Å². The molecule has 3 rings (SSSR count). The quantitative estimate of drug-likeness (QED) is 0.621. The average molecular weight is 420 g/mol. The summed E-state index contributed by atoms with van der Waals surface area (Å²) in [7, 11) is 0. The Kier molecular flexibility index (Phi) is 6.66. The first-order chi connectivity index (χ1) is 13.7. The van der Waals surface area contributed by atoms with E-state index in [0.717, 1.165) is 31.2 Å². The van der Waals surface area contributed by atoms with E-state index in [9.17, 15) is 15.0 Å². The standard InChI is InChI=1S/C22H30ClN3O3/c1-21(2,28)15-26-12-9-19(25-26)16-7-8-18(23)17(13-16)20(27)24-14-22(29)10-5-3-4-6-11-22/h7-9,12-13,28-29H,3-6,10-11,14-15H2,1-2H3,(H,24,27). The SMILES string of the molecule is CC(C)(O)Cn1ccc(-c2ccc(Cl)c(C(=O)NCC3(O)CCCCCC3)c2)n1. The lowest BCUT2D eigenvalue weighted by Crippen LogP contribution is -2.42. The van der Waals surface area contributed by atoms with Crippen molar-refractivity contribution in [2.24, 2.45) is 0 Å². The predicted octanol–water partition coefficient (Wildman–Crippen LogP) is 3.79. The first-order valence-electron chi connectivity index (χ1n) is 10.2. The smallest absolute Gasteiger partial charge is 0.252 e. The highest BCUT2D eigenvalue weighted by Gasteiger charge is 2.28. The Morgan fingerprint density at radius 2 is 1.93 bits per heavy atom. The molecule has 3 N–H and O–H groups in total. The van der Waals surface area contributed by atoms with Crippen LogP contribution in [0.3, 0.4) is 0 Å². The molecule has 1 aromatic heterocycles. The topological polar surface area (TPSA) is 87.4 Å². The predicted molar refractivity (Wildman–Crippen MR) is 114 cm³/mol. The van der Waals surface area contributed by atoms with Crippen LogP contribution in [0.1, 0.15) is 62.7 Å². The van der Waals surface area contributed by atoms with Gasteiger partial charge in [0.2, 0.25) is 0 Å². The van der Waals surface area contributed by atoms with Crippen LogP contribution in [0.5, 0.6) is 0 Å². The van der Waals surface area contributed by atoms with Gasteiger partial charge in [-0.3, -0.25) is 9.48 Å². The van der Waals surface area contributed by atoms with Gasteiger partial charge >= 0.3 is 0 Å². The first-order valence-corrected chi connectivity index (χ1v) is 10.6. The van der Waals surface area contributed by atoms with E-state index in [1.165, 1.54) is 0 Å². The molecule has 1 aliphatic carbocycles. The Morgan fingerprint density at radius 1 is 1.24 bits per heavy atom. The van der Waals surface area contributed by atoms with Crippen LogP contribution in [0.2, 0.25) is 5.02 Å². The van der Waals surface area contributed by atoms with Crippen LogP contribution in [0.15, 0.2) is 30.5 Å². The summed E-state index contributed by atoms with van der Waals surface area (Å²) in [5, 5.41) is 28.4. The van der Waals surface area contributed by atoms with Crippen LogP contribution >= 0.6 is 11.6 Å². The number of benzene rings is 1. The number of nitrogens with one attached hydrogen (secondary N) is 1. The Balaban J connectivity index is 1.72. The summed E-state index contributed by atoms with van der Waals surface area (Å²) in [6.45, 7) is 4.04. The second-order valence-electron chi connectivity index (χ2n) is 8.73. The largest absolute Gasteiger partial charge is 0.389 e. The summed E-state index contributed by atoms with van der Waals surface area (Å²) in [5.74, 6) is -0.301. The molecule has 0 bridgehead atoms. The zero-order chi connectivity index (χ0) is 21.1. The summed E-state index contributed by atoms with van der Waals surface area (Å²) in [6, 6.07) is 7.05. The zero-order valence-electron chi connectivity index (χ0n) is 17.1. The lowest BCUT2D eigenvalue weighted by molar-refractivity contribution is 0.0246. The molecular formula is C22H30ClN3O3. The van der Waals surface area contributed by atoms with Gasteiger partial charge in [0, 0.05) is 18.3 Å². The number of rotatable bonds is 6. The van der Waals surface area contributed by atoms with Crippen LogP contribution in [-0.4, -0.2) is 43.6 Å². The van der Waals surface area contributed by atoms with E-state index in [0.29, 0.717) is 35.7 Å². The number of hydrogen-bond donors (Lipinski definition) is 3. The fourth-order valence-corrected chi connectivity index (χ4v) is 3.97. The Bertz CT molecular complexity index is 849. The van der Waals surface area contributed by atoms with Crippen molar-refractivity contribution in [3.63, 3.8) is 0 Å². The molecule has 0 atom stereocenters. The molecule has 1 saturated carbocycles. The van der Waals surface area contributed by atoms with Gasteiger partial charge in [0.05, 0.1) is 34.0 Å². The molecule has 1 amide bonds. The van der Waals surface area contributed by atoms with E-state index in [1.807, 2.05) is 12.1 Å². The number of halogens is 1. The van der Waals surface area contributed by atoms with Crippen molar-refractivity contribution >= 4 is 17.5 Å². The summed E-state index contributed by atoms with van der Waals surface area (Å²) in [6.07, 6.45) is 7.43. The Labute approximate surface area is 176 Å². The molecule has 0 aliphatic heterocycles. The fourth-order valence-electron chi connectivity index (χ4n) is 3.76. The van der Waals surface area contributed by atoms with Gasteiger partial charge in [-0.1, -0.05) is 43.4 Å². The lowest BCUT2D eigenvalue weighted by Gasteiger charge is -2.26. The second kappa shape index (κ2) is 8.86. The highest BCUT2D eigenvalue weighted by molar-refractivity contribution is 6.34. The fraction of sp³-hybridized carbons (Fsp3) is 0.545. The number of aliphatic hydroxyl groups is 2. The molecule has 0 radical (unpaired) electrons. The molecule has 6 nitrogen and oxygen atoms in total. The minimum atomic E-state index is -0.868. The molecule has 1 fully saturated rings. The van der Waals surface area contributed by atoms with Crippen molar-refractivity contribution in [3.05, 3.63) is 41.0 Å². The maximum atomic E-state index is 12.7. The molecular weight excluding hydrogens is 390 g/mol. The summed E-state index contributed by atoms with van der Waals surface area (Å²) in [5.41, 5.74) is 0.113. The summed E-state index contributed by atoms with van der Waals surface area (Å²) < 4.78 is 1.67. The van der Waals surface area contributed by atoms with E-state index in [4.69, 9.17) is 11.6 Å². The van der Waals surface area contributed by atoms with Crippen LogP contribution < -0.4 is 5.32 Å². The number of carbonyl (C=O) groups is 1. The number of hydrogen-bond acceptors (Lipinski definition) is 4. The van der Waals surface area contributed by atoms with Crippen molar-refractivity contribution in [2.45, 2.75) is 70.1 Å². The third-order valence-corrected chi connectivity index (χ3v) is 5.64. The van der Waals surface area contributed by atoms with E-state index in [2.05, 4.69) is 10.4 Å². The average Bonchev–Trinajstić information content (AvgIpc) is 2.98. The minimum Gasteiger partial charge on any atom is -0.389 e. The van der Waals surface area contributed by atoms with Gasteiger partial charge in [0.15, 0.2) is 0 Å². The molecule has 1 heterocycles. The Morgan fingerprint density at radius 3 is 2.59 bits per heavy atom.